The lowest BCUT2D eigenvalue weighted by molar-refractivity contribution is 0.171. The van der Waals surface area contributed by atoms with Gasteiger partial charge in [-0.25, -0.2) is 0 Å². The summed E-state index contributed by atoms with van der Waals surface area (Å²) < 4.78 is 2.14. The molecule has 1 aromatic rings. The fourth-order valence-corrected chi connectivity index (χ4v) is 3.34. The lowest BCUT2D eigenvalue weighted by atomic mass is 9.93. The second kappa shape index (κ2) is 8.71. The maximum absolute atomic E-state index is 4.50. The van der Waals surface area contributed by atoms with Gasteiger partial charge in [-0.05, 0) is 75.1 Å². The first kappa shape index (κ1) is 17.5. The predicted octanol–water partition coefficient (Wildman–Crippen LogP) is 4.54. The van der Waals surface area contributed by atoms with Crippen molar-refractivity contribution in [2.75, 3.05) is 19.6 Å². The number of hydrogen-bond donors (Lipinski definition) is 0. The van der Waals surface area contributed by atoms with Crippen LogP contribution in [0.3, 0.4) is 0 Å². The van der Waals surface area contributed by atoms with E-state index >= 15 is 0 Å². The van der Waals surface area contributed by atoms with Gasteiger partial charge < -0.3 is 4.90 Å². The molecule has 0 unspecified atom stereocenters. The molecule has 1 aliphatic rings. The molecule has 1 saturated heterocycles. The first-order chi connectivity index (χ1) is 10.5. The summed E-state index contributed by atoms with van der Waals surface area (Å²) >= 11 is 0. The average molecular weight is 306 g/mol. The maximum Gasteiger partial charge on any atom is 0.0524 e. The smallest absolute Gasteiger partial charge is 0.0524 e. The molecule has 0 atom stereocenters. The Morgan fingerprint density at radius 1 is 1.14 bits per heavy atom. The zero-order valence-electron chi connectivity index (χ0n) is 15.1. The summed E-state index contributed by atoms with van der Waals surface area (Å²) in [5, 5.41) is 4.50. The Hall–Kier alpha value is -0.830. The highest BCUT2D eigenvalue weighted by atomic mass is 15.3. The van der Waals surface area contributed by atoms with E-state index in [1.54, 1.807) is 0 Å². The van der Waals surface area contributed by atoms with Crippen molar-refractivity contribution in [3.63, 3.8) is 0 Å². The summed E-state index contributed by atoms with van der Waals surface area (Å²) in [6.07, 6.45) is 11.0. The normalized spacial score (nSPS) is 17.7. The van der Waals surface area contributed by atoms with E-state index in [0.717, 1.165) is 18.4 Å². The molecule has 0 N–H and O–H groups in total. The minimum Gasteiger partial charge on any atom is -0.303 e. The molecule has 0 aliphatic carbocycles. The monoisotopic (exact) mass is 305 g/mol. The fourth-order valence-electron chi connectivity index (χ4n) is 3.34. The molecule has 0 saturated carbocycles. The van der Waals surface area contributed by atoms with E-state index < -0.39 is 0 Å². The average Bonchev–Trinajstić information content (AvgIpc) is 2.95. The zero-order chi connectivity index (χ0) is 15.9. The summed E-state index contributed by atoms with van der Waals surface area (Å²) in [5.41, 5.74) is 1.36. The Balaban J connectivity index is 1.62. The molecule has 126 valence electrons. The molecular formula is C19H35N3. The van der Waals surface area contributed by atoms with E-state index in [9.17, 15) is 0 Å². The lowest BCUT2D eigenvalue weighted by Gasteiger charge is -2.32. The van der Waals surface area contributed by atoms with Gasteiger partial charge in [0, 0.05) is 12.7 Å². The fraction of sp³-hybridized carbons (Fsp3) is 0.842. The van der Waals surface area contributed by atoms with Crippen LogP contribution in [0, 0.1) is 11.8 Å². The Morgan fingerprint density at radius 2 is 1.86 bits per heavy atom. The van der Waals surface area contributed by atoms with Crippen LogP contribution in [0.1, 0.15) is 71.3 Å². The Kier molecular flexibility index (Phi) is 6.94. The third kappa shape index (κ3) is 5.75. The van der Waals surface area contributed by atoms with Gasteiger partial charge in [-0.1, -0.05) is 27.7 Å². The van der Waals surface area contributed by atoms with Crippen LogP contribution < -0.4 is 0 Å². The molecule has 0 radical (unpaired) electrons. The minimum atomic E-state index is 0.586. The molecular weight excluding hydrogens is 270 g/mol. The number of hydrogen-bond acceptors (Lipinski definition) is 2. The number of aryl methyl sites for hydroxylation is 1. The van der Waals surface area contributed by atoms with E-state index in [0.29, 0.717) is 5.92 Å². The Morgan fingerprint density at radius 3 is 2.45 bits per heavy atom. The number of rotatable bonds is 8. The molecule has 2 heterocycles. The van der Waals surface area contributed by atoms with Crippen LogP contribution in [-0.4, -0.2) is 34.3 Å². The lowest BCUT2D eigenvalue weighted by Crippen LogP contribution is -2.34. The van der Waals surface area contributed by atoms with Gasteiger partial charge in [0.2, 0.25) is 0 Å². The van der Waals surface area contributed by atoms with E-state index in [2.05, 4.69) is 48.6 Å². The largest absolute Gasteiger partial charge is 0.303 e. The molecule has 3 heteroatoms. The van der Waals surface area contributed by atoms with Gasteiger partial charge >= 0.3 is 0 Å². The molecule has 0 bridgehead atoms. The molecule has 0 spiro atoms. The first-order valence-electron chi connectivity index (χ1n) is 9.29. The van der Waals surface area contributed by atoms with Crippen molar-refractivity contribution in [2.45, 2.75) is 72.3 Å². The summed E-state index contributed by atoms with van der Waals surface area (Å²) in [6.45, 7) is 14.1. The van der Waals surface area contributed by atoms with Crippen LogP contribution in [0.15, 0.2) is 12.4 Å². The van der Waals surface area contributed by atoms with Gasteiger partial charge in [0.05, 0.1) is 6.20 Å². The molecule has 1 aliphatic heterocycles. The van der Waals surface area contributed by atoms with Crippen molar-refractivity contribution in [1.29, 1.82) is 0 Å². The molecule has 0 amide bonds. The van der Waals surface area contributed by atoms with Gasteiger partial charge in [0.1, 0.15) is 0 Å². The number of likely N-dealkylation sites (tertiary alicyclic amines) is 1. The van der Waals surface area contributed by atoms with Crippen LogP contribution in [0.4, 0.5) is 0 Å². The summed E-state index contributed by atoms with van der Waals surface area (Å²) in [4.78, 5) is 2.67. The van der Waals surface area contributed by atoms with E-state index in [1.807, 2.05) is 6.20 Å². The van der Waals surface area contributed by atoms with Crippen molar-refractivity contribution < 1.29 is 0 Å². The van der Waals surface area contributed by atoms with Gasteiger partial charge in [-0.3, -0.25) is 4.68 Å². The third-order valence-electron chi connectivity index (χ3n) is 5.05. The van der Waals surface area contributed by atoms with Crippen molar-refractivity contribution in [3.8, 4) is 0 Å². The van der Waals surface area contributed by atoms with E-state index in [4.69, 9.17) is 0 Å². The molecule has 3 nitrogen and oxygen atoms in total. The van der Waals surface area contributed by atoms with Crippen LogP contribution >= 0.6 is 0 Å². The topological polar surface area (TPSA) is 21.1 Å². The second-order valence-corrected chi connectivity index (χ2v) is 7.80. The number of aromatic nitrogens is 2. The van der Waals surface area contributed by atoms with E-state index in [1.165, 1.54) is 57.3 Å². The molecule has 22 heavy (non-hydrogen) atoms. The highest BCUT2D eigenvalue weighted by Gasteiger charge is 2.18. The second-order valence-electron chi connectivity index (χ2n) is 7.80. The van der Waals surface area contributed by atoms with Gasteiger partial charge in [0.25, 0.3) is 0 Å². The number of nitrogens with zero attached hydrogens (tertiary/aromatic N) is 3. The van der Waals surface area contributed by atoms with Gasteiger partial charge in [0.15, 0.2) is 0 Å². The highest BCUT2D eigenvalue weighted by molar-refractivity contribution is 5.08. The minimum absolute atomic E-state index is 0.586. The predicted molar refractivity (Wildman–Crippen MR) is 94.2 cm³/mol. The Bertz CT molecular complexity index is 414. The standard InChI is InChI=1S/C19H35N3/c1-16(2)6-5-10-21-11-7-18(8-12-21)9-13-22-15-19(14-20-22)17(3)4/h14-18H,5-13H2,1-4H3. The summed E-state index contributed by atoms with van der Waals surface area (Å²) in [7, 11) is 0. The third-order valence-corrected chi connectivity index (χ3v) is 5.05. The maximum atomic E-state index is 4.50. The molecule has 0 aromatic carbocycles. The van der Waals surface area contributed by atoms with Crippen LogP contribution in [0.25, 0.3) is 0 Å². The van der Waals surface area contributed by atoms with Crippen molar-refractivity contribution in [1.82, 2.24) is 14.7 Å². The summed E-state index contributed by atoms with van der Waals surface area (Å²) in [5.74, 6) is 2.33. The van der Waals surface area contributed by atoms with Crippen molar-refractivity contribution in [2.24, 2.45) is 11.8 Å². The van der Waals surface area contributed by atoms with Gasteiger partial charge in [-0.2, -0.15) is 5.10 Å². The van der Waals surface area contributed by atoms with Gasteiger partial charge in [-0.15, -0.1) is 0 Å². The van der Waals surface area contributed by atoms with Crippen LogP contribution in [0.5, 0.6) is 0 Å². The quantitative estimate of drug-likeness (QED) is 0.703. The molecule has 2 rings (SSSR count). The van der Waals surface area contributed by atoms with E-state index in [-0.39, 0.29) is 0 Å². The first-order valence-corrected chi connectivity index (χ1v) is 9.29. The van der Waals surface area contributed by atoms with Crippen LogP contribution in [-0.2, 0) is 6.54 Å². The number of piperidine rings is 1. The molecule has 1 fully saturated rings. The van der Waals surface area contributed by atoms with Crippen molar-refractivity contribution in [3.05, 3.63) is 18.0 Å². The highest BCUT2D eigenvalue weighted by Crippen LogP contribution is 2.22. The SMILES string of the molecule is CC(C)CCCN1CCC(CCn2cc(C(C)C)cn2)CC1. The Labute approximate surface area is 137 Å². The summed E-state index contributed by atoms with van der Waals surface area (Å²) in [6, 6.07) is 0. The zero-order valence-corrected chi connectivity index (χ0v) is 15.1. The molecule has 1 aromatic heterocycles. The van der Waals surface area contributed by atoms with Crippen molar-refractivity contribution >= 4 is 0 Å². The van der Waals surface area contributed by atoms with Crippen LogP contribution in [0.2, 0.25) is 0 Å².